The topological polar surface area (TPSA) is 84.6 Å². The standard InChI is InChI=1S/C14H10FN3O3/c15-12-7-3-2-6-11(12)14(19)17-16-9-10-5-1-4-8-13(10)18(20)21/h1-9H,(H,17,19)/b16-9-. The van der Waals surface area contributed by atoms with E-state index in [1.54, 1.807) is 6.07 Å². The number of para-hydroxylation sites is 1. The summed E-state index contributed by atoms with van der Waals surface area (Å²) in [5.41, 5.74) is 2.06. The van der Waals surface area contributed by atoms with E-state index < -0.39 is 16.6 Å². The van der Waals surface area contributed by atoms with Gasteiger partial charge in [0.1, 0.15) is 5.82 Å². The van der Waals surface area contributed by atoms with Crippen molar-refractivity contribution in [3.8, 4) is 0 Å². The summed E-state index contributed by atoms with van der Waals surface area (Å²) in [4.78, 5) is 21.9. The highest BCUT2D eigenvalue weighted by molar-refractivity contribution is 5.95. The molecule has 0 saturated heterocycles. The van der Waals surface area contributed by atoms with Gasteiger partial charge in [-0.3, -0.25) is 14.9 Å². The molecule has 21 heavy (non-hydrogen) atoms. The van der Waals surface area contributed by atoms with Crippen LogP contribution in [0.15, 0.2) is 53.6 Å². The third-order valence-electron chi connectivity index (χ3n) is 2.62. The number of nitro benzene ring substituents is 1. The van der Waals surface area contributed by atoms with E-state index in [0.29, 0.717) is 0 Å². The number of hydrogen-bond acceptors (Lipinski definition) is 4. The van der Waals surface area contributed by atoms with Crippen molar-refractivity contribution in [2.75, 3.05) is 0 Å². The summed E-state index contributed by atoms with van der Waals surface area (Å²) in [7, 11) is 0. The van der Waals surface area contributed by atoms with E-state index in [1.165, 1.54) is 36.4 Å². The van der Waals surface area contributed by atoms with Crippen molar-refractivity contribution in [1.82, 2.24) is 5.43 Å². The third kappa shape index (κ3) is 3.47. The highest BCUT2D eigenvalue weighted by Gasteiger charge is 2.11. The minimum atomic E-state index is -0.733. The Bertz CT molecular complexity index is 716. The predicted octanol–water partition coefficient (Wildman–Crippen LogP) is 2.50. The Hall–Kier alpha value is -3.09. The van der Waals surface area contributed by atoms with Crippen molar-refractivity contribution < 1.29 is 14.1 Å². The van der Waals surface area contributed by atoms with E-state index in [2.05, 4.69) is 10.5 Å². The van der Waals surface area contributed by atoms with Crippen LogP contribution in [0.1, 0.15) is 15.9 Å². The van der Waals surface area contributed by atoms with Crippen molar-refractivity contribution in [2.45, 2.75) is 0 Å². The Balaban J connectivity index is 2.12. The largest absolute Gasteiger partial charge is 0.278 e. The molecule has 6 nitrogen and oxygen atoms in total. The maximum Gasteiger partial charge on any atom is 0.278 e. The maximum atomic E-state index is 13.4. The van der Waals surface area contributed by atoms with E-state index in [0.717, 1.165) is 12.3 Å². The van der Waals surface area contributed by atoms with E-state index in [9.17, 15) is 19.3 Å². The number of nitrogens with one attached hydrogen (secondary N) is 1. The smallest absolute Gasteiger partial charge is 0.267 e. The van der Waals surface area contributed by atoms with E-state index in [1.807, 2.05) is 0 Å². The van der Waals surface area contributed by atoms with Gasteiger partial charge in [0.15, 0.2) is 0 Å². The lowest BCUT2D eigenvalue weighted by atomic mass is 10.2. The molecular formula is C14H10FN3O3. The quantitative estimate of drug-likeness (QED) is 0.532. The van der Waals surface area contributed by atoms with Gasteiger partial charge >= 0.3 is 0 Å². The van der Waals surface area contributed by atoms with Crippen molar-refractivity contribution in [3.05, 3.63) is 75.6 Å². The first-order valence-corrected chi connectivity index (χ1v) is 5.91. The molecule has 0 fully saturated rings. The van der Waals surface area contributed by atoms with Crippen LogP contribution in [0.3, 0.4) is 0 Å². The molecule has 0 bridgehead atoms. The lowest BCUT2D eigenvalue weighted by Crippen LogP contribution is -2.19. The number of benzene rings is 2. The molecule has 0 aliphatic rings. The van der Waals surface area contributed by atoms with Crippen LogP contribution in [-0.4, -0.2) is 17.0 Å². The minimum Gasteiger partial charge on any atom is -0.267 e. The first kappa shape index (κ1) is 14.3. The van der Waals surface area contributed by atoms with Crippen LogP contribution >= 0.6 is 0 Å². The van der Waals surface area contributed by atoms with Crippen LogP contribution in [0.4, 0.5) is 10.1 Å². The van der Waals surface area contributed by atoms with Crippen LogP contribution in [0, 0.1) is 15.9 Å². The number of amides is 1. The fourth-order valence-corrected chi connectivity index (χ4v) is 1.63. The normalized spacial score (nSPS) is 10.5. The van der Waals surface area contributed by atoms with Gasteiger partial charge in [-0.25, -0.2) is 9.82 Å². The van der Waals surface area contributed by atoms with Gasteiger partial charge in [0.25, 0.3) is 11.6 Å². The molecule has 0 saturated carbocycles. The van der Waals surface area contributed by atoms with Crippen molar-refractivity contribution >= 4 is 17.8 Å². The Morgan fingerprint density at radius 1 is 1.19 bits per heavy atom. The van der Waals surface area contributed by atoms with Crippen molar-refractivity contribution in [2.24, 2.45) is 5.10 Å². The molecule has 0 aliphatic carbocycles. The van der Waals surface area contributed by atoms with Gasteiger partial charge in [-0.15, -0.1) is 0 Å². The average Bonchev–Trinajstić information content (AvgIpc) is 2.48. The summed E-state index contributed by atoms with van der Waals surface area (Å²) in [6.45, 7) is 0. The second-order valence-electron chi connectivity index (χ2n) is 3.99. The summed E-state index contributed by atoms with van der Waals surface area (Å²) >= 11 is 0. The van der Waals surface area contributed by atoms with Gasteiger partial charge in [-0.1, -0.05) is 24.3 Å². The zero-order valence-electron chi connectivity index (χ0n) is 10.7. The number of nitro groups is 1. The van der Waals surface area contributed by atoms with Crippen LogP contribution in [0.2, 0.25) is 0 Å². The van der Waals surface area contributed by atoms with Gasteiger partial charge < -0.3 is 0 Å². The molecule has 1 amide bonds. The lowest BCUT2D eigenvalue weighted by Gasteiger charge is -2.01. The van der Waals surface area contributed by atoms with Crippen LogP contribution in [-0.2, 0) is 0 Å². The predicted molar refractivity (Wildman–Crippen MR) is 74.6 cm³/mol. The van der Waals surface area contributed by atoms with E-state index >= 15 is 0 Å². The van der Waals surface area contributed by atoms with Crippen LogP contribution in [0.25, 0.3) is 0 Å². The Morgan fingerprint density at radius 2 is 1.86 bits per heavy atom. The number of hydrazone groups is 1. The number of nitrogens with zero attached hydrogens (tertiary/aromatic N) is 2. The zero-order chi connectivity index (χ0) is 15.2. The molecule has 0 aromatic heterocycles. The summed E-state index contributed by atoms with van der Waals surface area (Å²) in [6.07, 6.45) is 1.14. The second kappa shape index (κ2) is 6.38. The maximum absolute atomic E-state index is 13.4. The molecule has 0 heterocycles. The number of hydrogen-bond donors (Lipinski definition) is 1. The number of carbonyl (C=O) groups excluding carboxylic acids is 1. The molecule has 0 radical (unpaired) electrons. The second-order valence-corrected chi connectivity index (χ2v) is 3.99. The van der Waals surface area contributed by atoms with Gasteiger partial charge in [-0.2, -0.15) is 5.10 Å². The van der Waals surface area contributed by atoms with Gasteiger partial charge in [0.05, 0.1) is 22.3 Å². The van der Waals surface area contributed by atoms with Gasteiger partial charge in [-0.05, 0) is 18.2 Å². The Kier molecular flexibility index (Phi) is 4.35. The zero-order valence-corrected chi connectivity index (χ0v) is 10.7. The minimum absolute atomic E-state index is 0.138. The summed E-state index contributed by atoms with van der Waals surface area (Å²) in [5, 5.41) is 14.4. The molecule has 2 aromatic rings. The SMILES string of the molecule is O=C(N/N=C\c1ccccc1[N+](=O)[O-])c1ccccc1F. The molecule has 0 aliphatic heterocycles. The molecule has 2 rings (SSSR count). The Labute approximate surface area is 119 Å². The molecule has 0 spiro atoms. The van der Waals surface area contributed by atoms with Crippen LogP contribution in [0.5, 0.6) is 0 Å². The molecule has 7 heteroatoms. The highest BCUT2D eigenvalue weighted by atomic mass is 19.1. The summed E-state index contributed by atoms with van der Waals surface area (Å²) in [6, 6.07) is 11.4. The summed E-state index contributed by atoms with van der Waals surface area (Å²) in [5.74, 6) is -1.40. The van der Waals surface area contributed by atoms with E-state index in [4.69, 9.17) is 0 Å². The highest BCUT2D eigenvalue weighted by Crippen LogP contribution is 2.15. The molecule has 1 N–H and O–H groups in total. The molecule has 2 aromatic carbocycles. The average molecular weight is 287 g/mol. The number of rotatable bonds is 4. The fourth-order valence-electron chi connectivity index (χ4n) is 1.63. The monoisotopic (exact) mass is 287 g/mol. The van der Waals surface area contributed by atoms with Gasteiger partial charge in [0, 0.05) is 6.07 Å². The number of halogens is 1. The Morgan fingerprint density at radius 3 is 2.57 bits per heavy atom. The molecular weight excluding hydrogens is 277 g/mol. The number of carbonyl (C=O) groups is 1. The molecule has 0 atom stereocenters. The van der Waals surface area contributed by atoms with Crippen molar-refractivity contribution in [3.63, 3.8) is 0 Å². The van der Waals surface area contributed by atoms with Crippen molar-refractivity contribution in [1.29, 1.82) is 0 Å². The summed E-state index contributed by atoms with van der Waals surface area (Å²) < 4.78 is 13.4. The van der Waals surface area contributed by atoms with Crippen LogP contribution < -0.4 is 5.43 Å². The van der Waals surface area contributed by atoms with E-state index in [-0.39, 0.29) is 16.8 Å². The molecule has 106 valence electrons. The first-order valence-electron chi connectivity index (χ1n) is 5.91. The first-order chi connectivity index (χ1) is 10.1. The molecule has 0 unspecified atom stereocenters. The third-order valence-corrected chi connectivity index (χ3v) is 2.62. The lowest BCUT2D eigenvalue weighted by molar-refractivity contribution is -0.385. The van der Waals surface area contributed by atoms with Gasteiger partial charge in [0.2, 0.25) is 0 Å². The fraction of sp³-hybridized carbons (Fsp3) is 0.